The van der Waals surface area contributed by atoms with Crippen LogP contribution < -0.4 is 0 Å². The van der Waals surface area contributed by atoms with Crippen LogP contribution in [0.5, 0.6) is 0 Å². The maximum atomic E-state index is 13.5. The van der Waals surface area contributed by atoms with Gasteiger partial charge < -0.3 is 9.47 Å². The van der Waals surface area contributed by atoms with Crippen LogP contribution in [-0.2, 0) is 19.1 Å². The fourth-order valence-electron chi connectivity index (χ4n) is 10.3. The van der Waals surface area contributed by atoms with E-state index < -0.39 is 5.41 Å². The van der Waals surface area contributed by atoms with Gasteiger partial charge in [0.25, 0.3) is 0 Å². The molecule has 44 heavy (non-hydrogen) atoms. The molecular weight excluding hydrogens is 548 g/mol. The molecule has 0 bridgehead atoms. The molecule has 0 aliphatic heterocycles. The van der Waals surface area contributed by atoms with Crippen molar-refractivity contribution in [1.29, 1.82) is 0 Å². The predicted octanol–water partition coefficient (Wildman–Crippen LogP) is 9.08. The number of fused-ring (bicyclic) bond motifs is 5. The third-order valence-corrected chi connectivity index (χ3v) is 13.0. The highest BCUT2D eigenvalue weighted by atomic mass is 16.5. The van der Waals surface area contributed by atoms with Crippen molar-refractivity contribution in [2.24, 2.45) is 57.7 Å². The van der Waals surface area contributed by atoms with E-state index in [1.807, 2.05) is 51.1 Å². The number of hydrogen-bond donors (Lipinski definition) is 0. The Kier molecular flexibility index (Phi) is 9.47. The summed E-state index contributed by atoms with van der Waals surface area (Å²) in [6, 6.07) is 9.41. The van der Waals surface area contributed by atoms with E-state index in [-0.39, 0.29) is 40.9 Å². The SMILES string of the molecule is CC(C)[C@@H](CC[C@@H](C)[C@H]1CC[C@H]2[C@@H]3[C@H](OC(=O)c4ccccc4)C[C@H]4CC(=O)CC[C@]4(C)[C@H]3CC[C@]12C)OC(=O)C(C)(C)C. The average Bonchev–Trinajstić information content (AvgIpc) is 3.32. The van der Waals surface area contributed by atoms with E-state index in [1.165, 1.54) is 19.3 Å². The third kappa shape index (κ3) is 6.27. The molecule has 244 valence electrons. The number of hydrogen-bond acceptors (Lipinski definition) is 5. The first-order valence-corrected chi connectivity index (χ1v) is 17.6. The van der Waals surface area contributed by atoms with Gasteiger partial charge in [-0.1, -0.05) is 52.8 Å². The molecule has 0 N–H and O–H groups in total. The van der Waals surface area contributed by atoms with Crippen LogP contribution >= 0.6 is 0 Å². The molecule has 0 radical (unpaired) electrons. The van der Waals surface area contributed by atoms with Crippen LogP contribution in [-0.4, -0.2) is 29.9 Å². The molecule has 4 fully saturated rings. The van der Waals surface area contributed by atoms with Crippen LogP contribution in [0.1, 0.15) is 130 Å². The second-order valence-corrected chi connectivity index (χ2v) is 17.0. The van der Waals surface area contributed by atoms with Gasteiger partial charge in [0.2, 0.25) is 0 Å². The molecule has 4 aliphatic rings. The van der Waals surface area contributed by atoms with Gasteiger partial charge in [-0.05, 0) is 131 Å². The van der Waals surface area contributed by atoms with Gasteiger partial charge in [0.1, 0.15) is 18.0 Å². The van der Waals surface area contributed by atoms with Gasteiger partial charge in [-0.25, -0.2) is 4.79 Å². The van der Waals surface area contributed by atoms with Crippen molar-refractivity contribution in [3.63, 3.8) is 0 Å². The van der Waals surface area contributed by atoms with Crippen molar-refractivity contribution in [2.75, 3.05) is 0 Å². The van der Waals surface area contributed by atoms with Gasteiger partial charge in [-0.2, -0.15) is 0 Å². The molecule has 0 aromatic heterocycles. The second-order valence-electron chi connectivity index (χ2n) is 17.0. The van der Waals surface area contributed by atoms with Gasteiger partial charge in [0, 0.05) is 18.8 Å². The minimum absolute atomic E-state index is 0.0593. The first-order chi connectivity index (χ1) is 20.6. The molecule has 4 saturated carbocycles. The monoisotopic (exact) mass is 606 g/mol. The van der Waals surface area contributed by atoms with E-state index in [1.54, 1.807) is 0 Å². The molecule has 0 heterocycles. The van der Waals surface area contributed by atoms with E-state index in [4.69, 9.17) is 9.47 Å². The standard InChI is InChI=1S/C39H58O5/c1-24(2)32(44-36(42)37(4,5)6)17-14-25(3)29-15-16-30-34-31(19-21-39(29,30)8)38(7)20-18-28(40)22-27(38)23-33(34)43-35(41)26-12-10-9-11-13-26/h9-13,24-25,27,29-34H,14-23H2,1-8H3/t25-,27-,29-,30+,31+,32-,33-,34+,38+,39-/m1/s1. The summed E-state index contributed by atoms with van der Waals surface area (Å²) >= 11 is 0. The number of benzene rings is 1. The number of ketones is 1. The average molecular weight is 607 g/mol. The van der Waals surface area contributed by atoms with E-state index in [9.17, 15) is 14.4 Å². The topological polar surface area (TPSA) is 69.7 Å². The molecule has 0 spiro atoms. The summed E-state index contributed by atoms with van der Waals surface area (Å²) in [4.78, 5) is 38.8. The van der Waals surface area contributed by atoms with E-state index in [0.29, 0.717) is 59.7 Å². The quantitative estimate of drug-likeness (QED) is 0.276. The lowest BCUT2D eigenvalue weighted by atomic mass is 9.43. The molecule has 1 aromatic carbocycles. The summed E-state index contributed by atoms with van der Waals surface area (Å²) in [5.74, 6) is 3.08. The predicted molar refractivity (Wildman–Crippen MR) is 174 cm³/mol. The Morgan fingerprint density at radius 1 is 0.932 bits per heavy atom. The Balaban J connectivity index is 1.36. The van der Waals surface area contributed by atoms with E-state index in [0.717, 1.165) is 32.1 Å². The smallest absolute Gasteiger partial charge is 0.338 e. The molecular formula is C39H58O5. The molecule has 0 saturated heterocycles. The number of esters is 2. The highest BCUT2D eigenvalue weighted by Gasteiger charge is 2.63. The van der Waals surface area contributed by atoms with Crippen molar-refractivity contribution in [3.05, 3.63) is 35.9 Å². The molecule has 0 amide bonds. The summed E-state index contributed by atoms with van der Waals surface area (Å²) in [6.45, 7) is 17.5. The lowest BCUT2D eigenvalue weighted by Gasteiger charge is -2.62. The van der Waals surface area contributed by atoms with Crippen molar-refractivity contribution >= 4 is 17.7 Å². The Morgan fingerprint density at radius 2 is 1.61 bits per heavy atom. The summed E-state index contributed by atoms with van der Waals surface area (Å²) < 4.78 is 12.5. The zero-order valence-corrected chi connectivity index (χ0v) is 28.7. The number of rotatable bonds is 8. The van der Waals surface area contributed by atoms with Crippen molar-refractivity contribution < 1.29 is 23.9 Å². The van der Waals surface area contributed by atoms with Gasteiger partial charge in [0.05, 0.1) is 11.0 Å². The minimum atomic E-state index is -0.495. The Hall–Kier alpha value is -2.17. The summed E-state index contributed by atoms with van der Waals surface area (Å²) in [5, 5.41) is 0. The lowest BCUT2D eigenvalue weighted by Crippen LogP contribution is -2.59. The first-order valence-electron chi connectivity index (χ1n) is 17.6. The number of ether oxygens (including phenoxy) is 2. The Labute approximate surface area is 266 Å². The van der Waals surface area contributed by atoms with Crippen LogP contribution in [0.3, 0.4) is 0 Å². The second kappa shape index (κ2) is 12.6. The summed E-state index contributed by atoms with van der Waals surface area (Å²) in [7, 11) is 0. The highest BCUT2D eigenvalue weighted by molar-refractivity contribution is 5.89. The summed E-state index contributed by atoms with van der Waals surface area (Å²) in [5.41, 5.74) is 0.452. The van der Waals surface area contributed by atoms with Crippen LogP contribution in [0.15, 0.2) is 30.3 Å². The fraction of sp³-hybridized carbons (Fsp3) is 0.769. The lowest BCUT2D eigenvalue weighted by molar-refractivity contribution is -0.170. The zero-order valence-electron chi connectivity index (χ0n) is 28.7. The van der Waals surface area contributed by atoms with E-state index >= 15 is 0 Å². The maximum absolute atomic E-state index is 13.5. The largest absolute Gasteiger partial charge is 0.462 e. The third-order valence-electron chi connectivity index (χ3n) is 13.0. The molecule has 5 rings (SSSR count). The Morgan fingerprint density at radius 3 is 2.27 bits per heavy atom. The number of carbonyl (C=O) groups excluding carboxylic acids is 3. The molecule has 5 heteroatoms. The fourth-order valence-corrected chi connectivity index (χ4v) is 10.3. The van der Waals surface area contributed by atoms with Crippen molar-refractivity contribution in [2.45, 2.75) is 132 Å². The highest BCUT2D eigenvalue weighted by Crippen LogP contribution is 2.68. The number of carbonyl (C=O) groups is 3. The molecule has 1 aromatic rings. The number of Topliss-reactive ketones (excluding diaryl/α,β-unsaturated/α-hetero) is 1. The van der Waals surface area contributed by atoms with E-state index in [2.05, 4.69) is 34.6 Å². The van der Waals surface area contributed by atoms with Crippen LogP contribution in [0.4, 0.5) is 0 Å². The molecule has 0 unspecified atom stereocenters. The maximum Gasteiger partial charge on any atom is 0.338 e. The van der Waals surface area contributed by atoms with Crippen LogP contribution in [0.2, 0.25) is 0 Å². The summed E-state index contributed by atoms with van der Waals surface area (Å²) in [6.07, 6.45) is 9.61. The Bertz CT molecular complexity index is 1200. The van der Waals surface area contributed by atoms with Crippen molar-refractivity contribution in [1.82, 2.24) is 0 Å². The van der Waals surface area contributed by atoms with Gasteiger partial charge in [-0.3, -0.25) is 9.59 Å². The molecule has 5 nitrogen and oxygen atoms in total. The zero-order chi connectivity index (χ0) is 32.0. The normalized spacial score (nSPS) is 36.5. The van der Waals surface area contributed by atoms with Gasteiger partial charge >= 0.3 is 11.9 Å². The molecule has 4 aliphatic carbocycles. The van der Waals surface area contributed by atoms with Crippen molar-refractivity contribution in [3.8, 4) is 0 Å². The van der Waals surface area contributed by atoms with Gasteiger partial charge in [0.15, 0.2) is 0 Å². The van der Waals surface area contributed by atoms with Crippen LogP contribution in [0.25, 0.3) is 0 Å². The van der Waals surface area contributed by atoms with Crippen LogP contribution in [0, 0.1) is 57.7 Å². The molecule has 10 atom stereocenters. The first kappa shape index (κ1) is 33.2. The van der Waals surface area contributed by atoms with Gasteiger partial charge in [-0.15, -0.1) is 0 Å². The minimum Gasteiger partial charge on any atom is -0.462 e.